The van der Waals surface area contributed by atoms with Crippen LogP contribution in [0.3, 0.4) is 0 Å². The van der Waals surface area contributed by atoms with Gasteiger partial charge in [-0.05, 0) is 51.1 Å². The number of nitrogens with zero attached hydrogens (tertiary/aromatic N) is 2. The molecule has 0 unspecified atom stereocenters. The summed E-state index contributed by atoms with van der Waals surface area (Å²) < 4.78 is 24.2. The summed E-state index contributed by atoms with van der Waals surface area (Å²) in [6, 6.07) is 11.7. The molecule has 2 heterocycles. The second-order valence-electron chi connectivity index (χ2n) is 8.67. The monoisotopic (exact) mass is 532 g/mol. The number of carbonyl (C=O) groups excluding carboxylic acids is 1. The van der Waals surface area contributed by atoms with Crippen LogP contribution in [0, 0.1) is 12.3 Å². The van der Waals surface area contributed by atoms with Crippen molar-refractivity contribution in [2.45, 2.75) is 32.9 Å². The van der Waals surface area contributed by atoms with E-state index in [1.807, 2.05) is 18.2 Å². The number of hydrogen-bond acceptors (Lipinski definition) is 8. The van der Waals surface area contributed by atoms with Gasteiger partial charge in [-0.15, -0.1) is 6.42 Å². The van der Waals surface area contributed by atoms with Gasteiger partial charge in [0.15, 0.2) is 4.80 Å². The summed E-state index contributed by atoms with van der Waals surface area (Å²) in [5.41, 5.74) is 1.65. The molecule has 196 valence electrons. The maximum absolute atomic E-state index is 13.9. The second kappa shape index (κ2) is 11.4. The van der Waals surface area contributed by atoms with Crippen LogP contribution in [0.2, 0.25) is 0 Å². The third-order valence-electron chi connectivity index (χ3n) is 5.83. The summed E-state index contributed by atoms with van der Waals surface area (Å²) >= 11 is 1.22. The van der Waals surface area contributed by atoms with E-state index >= 15 is 0 Å². The summed E-state index contributed by atoms with van der Waals surface area (Å²) in [4.78, 5) is 32.4. The molecule has 0 amide bonds. The molecule has 0 saturated carbocycles. The van der Waals surface area contributed by atoms with Gasteiger partial charge in [0.25, 0.3) is 5.56 Å². The van der Waals surface area contributed by atoms with Crippen molar-refractivity contribution in [1.29, 1.82) is 0 Å². The van der Waals surface area contributed by atoms with Gasteiger partial charge in [-0.3, -0.25) is 9.36 Å². The predicted molar refractivity (Wildman–Crippen MR) is 145 cm³/mol. The number of carbonyl (C=O) groups is 1. The first kappa shape index (κ1) is 26.8. The topological polar surface area (TPSA) is 88.3 Å². The third-order valence-corrected chi connectivity index (χ3v) is 6.82. The maximum atomic E-state index is 13.9. The Morgan fingerprint density at radius 3 is 2.63 bits per heavy atom. The highest BCUT2D eigenvalue weighted by Gasteiger charge is 2.35. The molecule has 3 aromatic rings. The standard InChI is InChI=1S/C29H28N2O6S/c1-7-14-36-22-11-9-8-10-19(22)15-24-27(32)31-26(21-16-20(34-5)12-13-23(21)35-6)25(28(33)37-17(2)3)18(4)30-29(31)38-24/h1,8-13,15-17,26H,14H2,2-6H3/b24-15+/t26-/m0/s1. The average Bonchev–Trinajstić information content (AvgIpc) is 3.20. The minimum atomic E-state index is -0.849. The lowest BCUT2D eigenvalue weighted by Crippen LogP contribution is -2.40. The zero-order chi connectivity index (χ0) is 27.4. The van der Waals surface area contributed by atoms with Crippen molar-refractivity contribution >= 4 is 23.4 Å². The van der Waals surface area contributed by atoms with Crippen molar-refractivity contribution in [3.63, 3.8) is 0 Å². The van der Waals surface area contributed by atoms with Gasteiger partial charge in [0.1, 0.15) is 29.9 Å². The van der Waals surface area contributed by atoms with Crippen LogP contribution in [0.1, 0.15) is 37.9 Å². The molecule has 0 radical (unpaired) electrons. The van der Waals surface area contributed by atoms with E-state index in [1.165, 1.54) is 23.0 Å². The summed E-state index contributed by atoms with van der Waals surface area (Å²) in [6.45, 7) is 5.37. The fourth-order valence-corrected chi connectivity index (χ4v) is 5.24. The van der Waals surface area contributed by atoms with Gasteiger partial charge in [0.2, 0.25) is 0 Å². The summed E-state index contributed by atoms with van der Waals surface area (Å²) in [7, 11) is 3.08. The molecule has 0 aliphatic carbocycles. The smallest absolute Gasteiger partial charge is 0.338 e. The molecule has 4 rings (SSSR count). The Balaban J connectivity index is 1.99. The lowest BCUT2D eigenvalue weighted by atomic mass is 9.94. The highest BCUT2D eigenvalue weighted by molar-refractivity contribution is 7.07. The van der Waals surface area contributed by atoms with Crippen LogP contribution in [-0.2, 0) is 9.53 Å². The minimum Gasteiger partial charge on any atom is -0.497 e. The molecule has 8 nitrogen and oxygen atoms in total. The Morgan fingerprint density at radius 2 is 1.95 bits per heavy atom. The Bertz CT molecular complexity index is 1620. The fourth-order valence-electron chi connectivity index (χ4n) is 4.20. The number of methoxy groups -OCH3 is 2. The largest absolute Gasteiger partial charge is 0.497 e. The van der Waals surface area contributed by atoms with Crippen LogP contribution in [0.5, 0.6) is 17.2 Å². The number of rotatable bonds is 8. The van der Waals surface area contributed by atoms with Crippen molar-refractivity contribution in [2.24, 2.45) is 4.99 Å². The molecular formula is C29H28N2O6S. The van der Waals surface area contributed by atoms with Gasteiger partial charge < -0.3 is 18.9 Å². The zero-order valence-electron chi connectivity index (χ0n) is 21.8. The first-order chi connectivity index (χ1) is 18.3. The van der Waals surface area contributed by atoms with E-state index in [9.17, 15) is 9.59 Å². The number of fused-ring (bicyclic) bond motifs is 1. The van der Waals surface area contributed by atoms with Crippen LogP contribution in [0.15, 0.2) is 63.5 Å². The molecule has 1 aromatic heterocycles. The molecule has 0 N–H and O–H groups in total. The Hall–Kier alpha value is -4.29. The van der Waals surface area contributed by atoms with Crippen molar-refractivity contribution in [3.8, 4) is 29.6 Å². The Morgan fingerprint density at radius 1 is 1.18 bits per heavy atom. The molecule has 0 fully saturated rings. The molecule has 2 aromatic carbocycles. The number of benzene rings is 2. The van der Waals surface area contributed by atoms with E-state index in [0.29, 0.717) is 43.4 Å². The lowest BCUT2D eigenvalue weighted by Gasteiger charge is -2.26. The van der Waals surface area contributed by atoms with E-state index in [4.69, 9.17) is 25.4 Å². The SMILES string of the molecule is C#CCOc1ccccc1/C=c1/sc2n(c1=O)[C@@H](c1cc(OC)ccc1OC)C(C(=O)OC(C)C)=C(C)N=2. The van der Waals surface area contributed by atoms with Crippen LogP contribution < -0.4 is 29.1 Å². The number of allylic oxidation sites excluding steroid dienone is 1. The molecular weight excluding hydrogens is 504 g/mol. The number of terminal acetylenes is 1. The van der Waals surface area contributed by atoms with E-state index in [-0.39, 0.29) is 23.8 Å². The zero-order valence-corrected chi connectivity index (χ0v) is 22.6. The Kier molecular flexibility index (Phi) is 8.03. The highest BCUT2D eigenvalue weighted by Crippen LogP contribution is 2.38. The normalized spacial score (nSPS) is 15.0. The minimum absolute atomic E-state index is 0.0995. The lowest BCUT2D eigenvalue weighted by molar-refractivity contribution is -0.143. The number of thiazole rings is 1. The number of ether oxygens (including phenoxy) is 4. The average molecular weight is 533 g/mol. The van der Waals surface area contributed by atoms with Gasteiger partial charge >= 0.3 is 5.97 Å². The van der Waals surface area contributed by atoms with Crippen molar-refractivity contribution in [1.82, 2.24) is 4.57 Å². The molecule has 0 spiro atoms. The van der Waals surface area contributed by atoms with Crippen LogP contribution in [-0.4, -0.2) is 37.5 Å². The van der Waals surface area contributed by atoms with Crippen molar-refractivity contribution in [3.05, 3.63) is 84.5 Å². The van der Waals surface area contributed by atoms with Gasteiger partial charge in [-0.25, -0.2) is 9.79 Å². The first-order valence-electron chi connectivity index (χ1n) is 11.9. The number of esters is 1. The van der Waals surface area contributed by atoms with Gasteiger partial charge in [0, 0.05) is 11.1 Å². The van der Waals surface area contributed by atoms with Crippen LogP contribution in [0.4, 0.5) is 0 Å². The molecule has 1 aliphatic rings. The van der Waals surface area contributed by atoms with Crippen molar-refractivity contribution < 1.29 is 23.7 Å². The number of aromatic nitrogens is 1. The third kappa shape index (κ3) is 5.22. The van der Waals surface area contributed by atoms with E-state index in [1.54, 1.807) is 58.2 Å². The number of para-hydroxylation sites is 1. The summed E-state index contributed by atoms with van der Waals surface area (Å²) in [6.07, 6.45) is 6.73. The highest BCUT2D eigenvalue weighted by atomic mass is 32.1. The quantitative estimate of drug-likeness (QED) is 0.327. The Labute approximate surface area is 224 Å². The predicted octanol–water partition coefficient (Wildman–Crippen LogP) is 3.22. The number of hydrogen-bond donors (Lipinski definition) is 0. The fraction of sp³-hybridized carbons (Fsp3) is 0.276. The van der Waals surface area contributed by atoms with Crippen molar-refractivity contribution in [2.75, 3.05) is 20.8 Å². The maximum Gasteiger partial charge on any atom is 0.338 e. The molecule has 38 heavy (non-hydrogen) atoms. The molecule has 0 bridgehead atoms. The molecule has 9 heteroatoms. The first-order valence-corrected chi connectivity index (χ1v) is 12.7. The van der Waals surface area contributed by atoms with Crippen LogP contribution >= 0.6 is 11.3 Å². The second-order valence-corrected chi connectivity index (χ2v) is 9.68. The van der Waals surface area contributed by atoms with Gasteiger partial charge in [0.05, 0.1) is 36.1 Å². The molecule has 0 saturated heterocycles. The van der Waals surface area contributed by atoms with E-state index in [0.717, 1.165) is 0 Å². The molecule has 1 atom stereocenters. The van der Waals surface area contributed by atoms with Crippen LogP contribution in [0.25, 0.3) is 6.08 Å². The summed E-state index contributed by atoms with van der Waals surface area (Å²) in [5, 5.41) is 0. The molecule has 1 aliphatic heterocycles. The summed E-state index contributed by atoms with van der Waals surface area (Å²) in [5.74, 6) is 3.49. The van der Waals surface area contributed by atoms with E-state index in [2.05, 4.69) is 10.9 Å². The van der Waals surface area contributed by atoms with Gasteiger partial charge in [-0.1, -0.05) is 35.5 Å². The van der Waals surface area contributed by atoms with Gasteiger partial charge in [-0.2, -0.15) is 0 Å². The van der Waals surface area contributed by atoms with E-state index < -0.39 is 12.0 Å².